The van der Waals surface area contributed by atoms with E-state index in [0.717, 1.165) is 17.8 Å². The Balaban J connectivity index is 2.47. The molecule has 1 unspecified atom stereocenters. The molecule has 0 aromatic carbocycles. The molecular formula is C11H18N2O. The molecule has 1 aromatic rings. The van der Waals surface area contributed by atoms with Crippen molar-refractivity contribution in [1.82, 2.24) is 10.2 Å². The van der Waals surface area contributed by atoms with Gasteiger partial charge >= 0.3 is 0 Å². The van der Waals surface area contributed by atoms with Gasteiger partial charge in [-0.1, -0.05) is 13.8 Å². The molecule has 1 heterocycles. The van der Waals surface area contributed by atoms with Crippen molar-refractivity contribution in [2.75, 3.05) is 0 Å². The van der Waals surface area contributed by atoms with Crippen molar-refractivity contribution >= 4 is 0 Å². The monoisotopic (exact) mass is 194 g/mol. The Kier molecular flexibility index (Phi) is 4.01. The highest BCUT2D eigenvalue weighted by Crippen LogP contribution is 2.08. The van der Waals surface area contributed by atoms with Crippen LogP contribution in [0, 0.1) is 12.8 Å². The summed E-state index contributed by atoms with van der Waals surface area (Å²) in [5, 5.41) is 17.6. The van der Waals surface area contributed by atoms with Gasteiger partial charge in [0.05, 0.1) is 17.5 Å². The number of aromatic nitrogens is 2. The third-order valence-corrected chi connectivity index (χ3v) is 2.04. The minimum atomic E-state index is -0.299. The average Bonchev–Trinajstić information content (AvgIpc) is 2.07. The van der Waals surface area contributed by atoms with E-state index in [-0.39, 0.29) is 6.10 Å². The molecular weight excluding hydrogens is 176 g/mol. The third-order valence-electron chi connectivity index (χ3n) is 2.04. The normalized spacial score (nSPS) is 13.2. The van der Waals surface area contributed by atoms with Crippen LogP contribution in [0.2, 0.25) is 0 Å². The predicted octanol–water partition coefficient (Wildman–Crippen LogP) is 1.73. The highest BCUT2D eigenvalue weighted by Gasteiger charge is 2.08. The number of aliphatic hydroxyl groups is 1. The summed E-state index contributed by atoms with van der Waals surface area (Å²) >= 11 is 0. The van der Waals surface area contributed by atoms with Crippen molar-refractivity contribution in [2.24, 2.45) is 5.92 Å². The molecule has 1 aromatic heterocycles. The standard InChI is InChI=1S/C11H18N2O/c1-8(2)6-11(14)7-10-5-4-9(3)12-13-10/h4-5,8,11,14H,6-7H2,1-3H3. The number of aliphatic hydroxyl groups excluding tert-OH is 1. The van der Waals surface area contributed by atoms with E-state index >= 15 is 0 Å². The molecule has 1 rings (SSSR count). The third kappa shape index (κ3) is 3.83. The minimum absolute atomic E-state index is 0.299. The molecule has 0 spiro atoms. The molecule has 78 valence electrons. The van der Waals surface area contributed by atoms with Crippen LogP contribution in [0.5, 0.6) is 0 Å². The Morgan fingerprint density at radius 1 is 1.29 bits per heavy atom. The van der Waals surface area contributed by atoms with Crippen LogP contribution >= 0.6 is 0 Å². The van der Waals surface area contributed by atoms with Gasteiger partial charge in [-0.3, -0.25) is 0 Å². The zero-order valence-corrected chi connectivity index (χ0v) is 9.07. The lowest BCUT2D eigenvalue weighted by Gasteiger charge is -2.11. The molecule has 1 N–H and O–H groups in total. The SMILES string of the molecule is Cc1ccc(CC(O)CC(C)C)nn1. The molecule has 14 heavy (non-hydrogen) atoms. The largest absolute Gasteiger partial charge is 0.393 e. The summed E-state index contributed by atoms with van der Waals surface area (Å²) in [7, 11) is 0. The van der Waals surface area contributed by atoms with Crippen molar-refractivity contribution in [3.8, 4) is 0 Å². The van der Waals surface area contributed by atoms with Crippen molar-refractivity contribution in [2.45, 2.75) is 39.7 Å². The van der Waals surface area contributed by atoms with Gasteiger partial charge in [0.1, 0.15) is 0 Å². The van der Waals surface area contributed by atoms with Crippen molar-refractivity contribution in [1.29, 1.82) is 0 Å². The average molecular weight is 194 g/mol. The maximum Gasteiger partial charge on any atom is 0.0657 e. The number of hydrogen-bond acceptors (Lipinski definition) is 3. The highest BCUT2D eigenvalue weighted by atomic mass is 16.3. The van der Waals surface area contributed by atoms with Gasteiger partial charge in [-0.25, -0.2) is 0 Å². The Hall–Kier alpha value is -0.960. The van der Waals surface area contributed by atoms with Gasteiger partial charge in [-0.2, -0.15) is 10.2 Å². The fraction of sp³-hybridized carbons (Fsp3) is 0.636. The molecule has 0 amide bonds. The Morgan fingerprint density at radius 2 is 2.00 bits per heavy atom. The second kappa shape index (κ2) is 5.05. The topological polar surface area (TPSA) is 46.0 Å². The van der Waals surface area contributed by atoms with Crippen LogP contribution in [-0.2, 0) is 6.42 Å². The lowest BCUT2D eigenvalue weighted by molar-refractivity contribution is 0.148. The molecule has 1 atom stereocenters. The molecule has 3 nitrogen and oxygen atoms in total. The summed E-state index contributed by atoms with van der Waals surface area (Å²) in [6.45, 7) is 6.11. The number of hydrogen-bond donors (Lipinski definition) is 1. The van der Waals surface area contributed by atoms with Gasteiger partial charge in [0.15, 0.2) is 0 Å². The second-order valence-corrected chi connectivity index (χ2v) is 4.15. The van der Waals surface area contributed by atoms with E-state index in [1.807, 2.05) is 19.1 Å². The summed E-state index contributed by atoms with van der Waals surface area (Å²) in [6, 6.07) is 3.84. The predicted molar refractivity (Wildman–Crippen MR) is 55.9 cm³/mol. The van der Waals surface area contributed by atoms with Gasteiger partial charge in [0, 0.05) is 6.42 Å². The van der Waals surface area contributed by atoms with E-state index in [2.05, 4.69) is 24.0 Å². The Labute approximate surface area is 85.2 Å². The first-order valence-electron chi connectivity index (χ1n) is 5.05. The lowest BCUT2D eigenvalue weighted by atomic mass is 10.0. The zero-order valence-electron chi connectivity index (χ0n) is 9.07. The summed E-state index contributed by atoms with van der Waals surface area (Å²) in [6.07, 6.45) is 1.12. The number of rotatable bonds is 4. The van der Waals surface area contributed by atoms with Crippen LogP contribution in [0.4, 0.5) is 0 Å². The van der Waals surface area contributed by atoms with E-state index in [9.17, 15) is 5.11 Å². The van der Waals surface area contributed by atoms with Crippen LogP contribution in [0.15, 0.2) is 12.1 Å². The first-order chi connectivity index (χ1) is 6.58. The minimum Gasteiger partial charge on any atom is -0.393 e. The van der Waals surface area contributed by atoms with Crippen LogP contribution in [-0.4, -0.2) is 21.4 Å². The van der Waals surface area contributed by atoms with E-state index in [1.54, 1.807) is 0 Å². The first-order valence-corrected chi connectivity index (χ1v) is 5.05. The van der Waals surface area contributed by atoms with Gasteiger partial charge in [0.2, 0.25) is 0 Å². The van der Waals surface area contributed by atoms with Crippen LogP contribution in [0.25, 0.3) is 0 Å². The quantitative estimate of drug-likeness (QED) is 0.794. The molecule has 0 aliphatic carbocycles. The van der Waals surface area contributed by atoms with Crippen LogP contribution < -0.4 is 0 Å². The second-order valence-electron chi connectivity index (χ2n) is 4.15. The van der Waals surface area contributed by atoms with E-state index < -0.39 is 0 Å². The summed E-state index contributed by atoms with van der Waals surface area (Å²) < 4.78 is 0. The zero-order chi connectivity index (χ0) is 10.6. The fourth-order valence-corrected chi connectivity index (χ4v) is 1.40. The van der Waals surface area contributed by atoms with Gasteiger partial charge in [-0.05, 0) is 31.4 Å². The summed E-state index contributed by atoms with van der Waals surface area (Å²) in [4.78, 5) is 0. The molecule has 0 radical (unpaired) electrons. The molecule has 0 aliphatic heterocycles. The first kappa shape index (κ1) is 11.1. The van der Waals surface area contributed by atoms with E-state index in [0.29, 0.717) is 12.3 Å². The number of nitrogens with zero attached hydrogens (tertiary/aromatic N) is 2. The fourth-order valence-electron chi connectivity index (χ4n) is 1.40. The van der Waals surface area contributed by atoms with E-state index in [4.69, 9.17) is 0 Å². The lowest BCUT2D eigenvalue weighted by Crippen LogP contribution is -2.14. The maximum absolute atomic E-state index is 9.67. The van der Waals surface area contributed by atoms with Gasteiger partial charge in [0.25, 0.3) is 0 Å². The van der Waals surface area contributed by atoms with Crippen molar-refractivity contribution in [3.05, 3.63) is 23.5 Å². The Morgan fingerprint density at radius 3 is 2.50 bits per heavy atom. The van der Waals surface area contributed by atoms with Crippen LogP contribution in [0.3, 0.4) is 0 Å². The number of aryl methyl sites for hydroxylation is 1. The molecule has 0 fully saturated rings. The summed E-state index contributed by atoms with van der Waals surface area (Å²) in [5.41, 5.74) is 1.77. The van der Waals surface area contributed by atoms with Crippen molar-refractivity contribution in [3.63, 3.8) is 0 Å². The smallest absolute Gasteiger partial charge is 0.0657 e. The maximum atomic E-state index is 9.67. The molecule has 0 bridgehead atoms. The van der Waals surface area contributed by atoms with Gasteiger partial charge in [-0.15, -0.1) is 0 Å². The van der Waals surface area contributed by atoms with Crippen LogP contribution in [0.1, 0.15) is 31.7 Å². The molecule has 0 aliphatic rings. The molecule has 0 saturated heterocycles. The van der Waals surface area contributed by atoms with Crippen molar-refractivity contribution < 1.29 is 5.11 Å². The highest BCUT2D eigenvalue weighted by molar-refractivity contribution is 5.06. The molecule has 3 heteroatoms. The van der Waals surface area contributed by atoms with E-state index in [1.165, 1.54) is 0 Å². The molecule has 0 saturated carbocycles. The Bertz CT molecular complexity index is 269. The summed E-state index contributed by atoms with van der Waals surface area (Å²) in [5.74, 6) is 0.517. The van der Waals surface area contributed by atoms with Gasteiger partial charge < -0.3 is 5.11 Å².